The van der Waals surface area contributed by atoms with E-state index in [4.69, 9.17) is 5.73 Å². The van der Waals surface area contributed by atoms with Crippen molar-refractivity contribution in [1.29, 1.82) is 0 Å². The molecule has 1 aromatic carbocycles. The van der Waals surface area contributed by atoms with Gasteiger partial charge in [0.25, 0.3) is 5.56 Å². The largest absolute Gasteiger partial charge is 0.393 e. The van der Waals surface area contributed by atoms with Crippen LogP contribution >= 0.6 is 15.9 Å². The van der Waals surface area contributed by atoms with E-state index in [2.05, 4.69) is 15.9 Å². The van der Waals surface area contributed by atoms with Crippen molar-refractivity contribution in [2.45, 2.75) is 33.4 Å². The number of hydrogen-bond acceptors (Lipinski definition) is 2. The highest BCUT2D eigenvalue weighted by molar-refractivity contribution is 9.10. The smallest absolute Gasteiger partial charge is 0.290 e. The normalized spacial score (nSPS) is 10.9. The van der Waals surface area contributed by atoms with E-state index < -0.39 is 0 Å². The lowest BCUT2D eigenvalue weighted by Gasteiger charge is -2.12. The first-order valence-corrected chi connectivity index (χ1v) is 7.20. The Balaban J connectivity index is 2.45. The van der Waals surface area contributed by atoms with Gasteiger partial charge in [-0.15, -0.1) is 0 Å². The molecule has 0 atom stereocenters. The number of rotatable bonds is 4. The van der Waals surface area contributed by atoms with Gasteiger partial charge in [0.2, 0.25) is 0 Å². The number of nitrogens with zero attached hydrogens (tertiary/aromatic N) is 2. The van der Waals surface area contributed by atoms with E-state index in [9.17, 15) is 4.79 Å². The van der Waals surface area contributed by atoms with Gasteiger partial charge >= 0.3 is 0 Å². The molecule has 0 spiro atoms. The van der Waals surface area contributed by atoms with Gasteiger partial charge in [0, 0.05) is 11.0 Å². The first kappa shape index (κ1) is 13.9. The summed E-state index contributed by atoms with van der Waals surface area (Å²) in [6.07, 6.45) is 0.766. The maximum atomic E-state index is 12.2. The van der Waals surface area contributed by atoms with E-state index in [1.807, 2.05) is 42.8 Å². The Morgan fingerprint density at radius 1 is 1.16 bits per heavy atom. The van der Waals surface area contributed by atoms with Gasteiger partial charge in [0.1, 0.15) is 5.69 Å². The summed E-state index contributed by atoms with van der Waals surface area (Å²) < 4.78 is 4.72. The molecule has 1 heterocycles. The van der Waals surface area contributed by atoms with E-state index >= 15 is 0 Å². The number of aromatic nitrogens is 2. The molecule has 0 saturated carbocycles. The van der Waals surface area contributed by atoms with Crippen molar-refractivity contribution < 1.29 is 0 Å². The maximum Gasteiger partial charge on any atom is 0.290 e. The number of hydrogen-bond donors (Lipinski definition) is 1. The summed E-state index contributed by atoms with van der Waals surface area (Å²) in [5, 5.41) is 0. The van der Waals surface area contributed by atoms with Crippen molar-refractivity contribution in [1.82, 2.24) is 9.36 Å². The highest BCUT2D eigenvalue weighted by Gasteiger charge is 2.15. The third kappa shape index (κ3) is 2.61. The summed E-state index contributed by atoms with van der Waals surface area (Å²) in [7, 11) is 0. The monoisotopic (exact) mass is 323 g/mol. The zero-order valence-electron chi connectivity index (χ0n) is 11.2. The molecule has 2 N–H and O–H groups in total. The lowest BCUT2D eigenvalue weighted by atomic mass is 10.2. The van der Waals surface area contributed by atoms with Gasteiger partial charge < -0.3 is 5.73 Å². The highest BCUT2D eigenvalue weighted by Crippen LogP contribution is 2.14. The van der Waals surface area contributed by atoms with Crippen LogP contribution in [-0.4, -0.2) is 9.36 Å². The third-order valence-electron chi connectivity index (χ3n) is 3.26. The number of anilines is 1. The summed E-state index contributed by atoms with van der Waals surface area (Å²) >= 11 is 3.41. The molecule has 0 aliphatic rings. The van der Waals surface area contributed by atoms with E-state index in [1.54, 1.807) is 4.68 Å². The van der Waals surface area contributed by atoms with Gasteiger partial charge in [0.05, 0.1) is 12.2 Å². The van der Waals surface area contributed by atoms with Crippen LogP contribution in [0.1, 0.15) is 25.1 Å². The Hall–Kier alpha value is -1.49. The number of nitrogens with two attached hydrogens (primary N) is 1. The SMILES string of the molecule is CCc1c(N)c(=O)n(Cc2ccc(Br)cc2)n1CC. The molecule has 102 valence electrons. The van der Waals surface area contributed by atoms with Crippen molar-refractivity contribution in [3.63, 3.8) is 0 Å². The predicted molar refractivity (Wildman–Crippen MR) is 81.4 cm³/mol. The van der Waals surface area contributed by atoms with Crippen LogP contribution in [0.5, 0.6) is 0 Å². The zero-order chi connectivity index (χ0) is 14.0. The van der Waals surface area contributed by atoms with Crippen molar-refractivity contribution in [3.05, 3.63) is 50.3 Å². The molecule has 5 heteroatoms. The molecule has 0 fully saturated rings. The first-order chi connectivity index (χ1) is 9.08. The lowest BCUT2D eigenvalue weighted by Crippen LogP contribution is -2.24. The second-order valence-corrected chi connectivity index (χ2v) is 5.33. The van der Waals surface area contributed by atoms with E-state index in [1.165, 1.54) is 0 Å². The molecule has 0 amide bonds. The zero-order valence-corrected chi connectivity index (χ0v) is 12.8. The average molecular weight is 324 g/mol. The molecule has 2 aromatic rings. The van der Waals surface area contributed by atoms with Crippen LogP contribution in [0.25, 0.3) is 0 Å². The average Bonchev–Trinajstić information content (AvgIpc) is 2.65. The van der Waals surface area contributed by atoms with Gasteiger partial charge in [-0.3, -0.25) is 9.48 Å². The molecule has 0 aliphatic carbocycles. The van der Waals surface area contributed by atoms with Crippen LogP contribution < -0.4 is 11.3 Å². The fraction of sp³-hybridized carbons (Fsp3) is 0.357. The van der Waals surface area contributed by atoms with Gasteiger partial charge in [-0.1, -0.05) is 35.0 Å². The molecule has 0 aliphatic heterocycles. The topological polar surface area (TPSA) is 53.0 Å². The Kier molecular flexibility index (Phi) is 4.14. The maximum absolute atomic E-state index is 12.2. The summed E-state index contributed by atoms with van der Waals surface area (Å²) in [6, 6.07) is 7.96. The number of benzene rings is 1. The highest BCUT2D eigenvalue weighted by atomic mass is 79.9. The molecular weight excluding hydrogens is 306 g/mol. The molecule has 0 radical (unpaired) electrons. The quantitative estimate of drug-likeness (QED) is 0.940. The fourth-order valence-electron chi connectivity index (χ4n) is 2.31. The first-order valence-electron chi connectivity index (χ1n) is 6.40. The van der Waals surface area contributed by atoms with Crippen LogP contribution in [0.15, 0.2) is 33.5 Å². The van der Waals surface area contributed by atoms with Crippen molar-refractivity contribution in [2.24, 2.45) is 0 Å². The Labute approximate surface area is 120 Å². The Morgan fingerprint density at radius 2 is 1.79 bits per heavy atom. The van der Waals surface area contributed by atoms with Crippen molar-refractivity contribution in [2.75, 3.05) is 5.73 Å². The molecule has 19 heavy (non-hydrogen) atoms. The standard InChI is InChI=1S/C14H18BrN3O/c1-3-12-13(16)14(19)18(17(12)4-2)9-10-5-7-11(15)8-6-10/h5-8H,3-4,9,16H2,1-2H3. The summed E-state index contributed by atoms with van der Waals surface area (Å²) in [4.78, 5) is 12.2. The van der Waals surface area contributed by atoms with Gasteiger partial charge in [-0.2, -0.15) is 0 Å². The minimum Gasteiger partial charge on any atom is -0.393 e. The molecule has 2 rings (SSSR count). The predicted octanol–water partition coefficient (Wildman–Crippen LogP) is 2.63. The third-order valence-corrected chi connectivity index (χ3v) is 3.79. The van der Waals surface area contributed by atoms with E-state index in [-0.39, 0.29) is 5.56 Å². The Morgan fingerprint density at radius 3 is 2.32 bits per heavy atom. The summed E-state index contributed by atoms with van der Waals surface area (Å²) in [5.41, 5.74) is 8.19. The van der Waals surface area contributed by atoms with E-state index in [0.717, 1.165) is 28.7 Å². The molecule has 1 aromatic heterocycles. The fourth-order valence-corrected chi connectivity index (χ4v) is 2.58. The molecule has 0 bridgehead atoms. The molecule has 0 unspecified atom stereocenters. The van der Waals surface area contributed by atoms with Crippen LogP contribution in [0.4, 0.5) is 5.69 Å². The number of halogens is 1. The second kappa shape index (κ2) is 5.65. The lowest BCUT2D eigenvalue weighted by molar-refractivity contribution is 0.474. The van der Waals surface area contributed by atoms with Crippen LogP contribution in [0.3, 0.4) is 0 Å². The van der Waals surface area contributed by atoms with Crippen LogP contribution in [0.2, 0.25) is 0 Å². The summed E-state index contributed by atoms with van der Waals surface area (Å²) in [6.45, 7) is 5.33. The Bertz CT molecular complexity index is 625. The van der Waals surface area contributed by atoms with Gasteiger partial charge in [0.15, 0.2) is 0 Å². The summed E-state index contributed by atoms with van der Waals surface area (Å²) in [5.74, 6) is 0. The minimum absolute atomic E-state index is 0.0957. The number of nitrogen functional groups attached to an aromatic ring is 1. The molecular formula is C14H18BrN3O. The van der Waals surface area contributed by atoms with Crippen molar-refractivity contribution >= 4 is 21.6 Å². The molecule has 4 nitrogen and oxygen atoms in total. The minimum atomic E-state index is -0.0957. The van der Waals surface area contributed by atoms with Crippen LogP contribution in [0, 0.1) is 0 Å². The second-order valence-electron chi connectivity index (χ2n) is 4.42. The van der Waals surface area contributed by atoms with Gasteiger partial charge in [-0.05, 0) is 31.0 Å². The van der Waals surface area contributed by atoms with E-state index in [0.29, 0.717) is 12.2 Å². The molecule has 0 saturated heterocycles. The van der Waals surface area contributed by atoms with Crippen molar-refractivity contribution in [3.8, 4) is 0 Å². The van der Waals surface area contributed by atoms with Crippen LogP contribution in [-0.2, 0) is 19.5 Å². The van der Waals surface area contributed by atoms with Gasteiger partial charge in [-0.25, -0.2) is 4.68 Å².